The van der Waals surface area contributed by atoms with Gasteiger partial charge in [0.05, 0.1) is 6.61 Å². The Morgan fingerprint density at radius 3 is 1.49 bits per heavy atom. The van der Waals surface area contributed by atoms with Gasteiger partial charge in [-0.05, 0) is 12.8 Å². The lowest BCUT2D eigenvalue weighted by Gasteiger charge is -2.18. The number of phosphoric acid groups is 1. The Kier molecular flexibility index (Phi) is 22.8. The molecule has 0 aliphatic carbocycles. The highest BCUT2D eigenvalue weighted by Gasteiger charge is 2.22. The van der Waals surface area contributed by atoms with E-state index in [9.17, 15) is 14.2 Å². The molecule has 0 amide bonds. The van der Waals surface area contributed by atoms with Crippen molar-refractivity contribution in [2.45, 2.75) is 142 Å². The lowest BCUT2D eigenvalue weighted by Crippen LogP contribution is -2.29. The zero-order chi connectivity index (χ0) is 26.2. The minimum Gasteiger partial charge on any atom is -0.462 e. The Balaban J connectivity index is 3.98. The highest BCUT2D eigenvalue weighted by molar-refractivity contribution is 7.46. The zero-order valence-corrected chi connectivity index (χ0v) is 23.1. The fourth-order valence-corrected chi connectivity index (χ4v) is 4.14. The Morgan fingerprint density at radius 2 is 1.03 bits per heavy atom. The zero-order valence-electron chi connectivity index (χ0n) is 22.2. The molecule has 9 heteroatoms. The summed E-state index contributed by atoms with van der Waals surface area (Å²) in [6, 6.07) is 0. The fourth-order valence-electron chi connectivity index (χ4n) is 3.78. The van der Waals surface area contributed by atoms with Gasteiger partial charge in [-0.15, -0.1) is 0 Å². The largest absolute Gasteiger partial charge is 0.469 e. The van der Waals surface area contributed by atoms with Crippen molar-refractivity contribution in [1.29, 1.82) is 0 Å². The summed E-state index contributed by atoms with van der Waals surface area (Å²) in [6.45, 7) is 3.51. The molecule has 0 aliphatic rings. The number of esters is 2. The molecule has 0 fully saturated rings. The lowest BCUT2D eigenvalue weighted by atomic mass is 10.0. The van der Waals surface area contributed by atoms with Gasteiger partial charge < -0.3 is 19.3 Å². The Morgan fingerprint density at radius 1 is 0.629 bits per heavy atom. The number of carbonyl (C=O) groups excluding carboxylic acids is 2. The molecule has 0 aromatic carbocycles. The molecule has 0 bridgehead atoms. The van der Waals surface area contributed by atoms with Crippen molar-refractivity contribution < 1.29 is 37.9 Å². The molecule has 0 heterocycles. The normalized spacial score (nSPS) is 12.5. The summed E-state index contributed by atoms with van der Waals surface area (Å²) in [5, 5.41) is 0. The van der Waals surface area contributed by atoms with Crippen LogP contribution in [-0.2, 0) is 28.2 Å². The number of phosphoric ester groups is 1. The molecular weight excluding hydrogens is 471 g/mol. The Hall–Kier alpha value is -0.950. The molecule has 0 rings (SSSR count). The predicted molar refractivity (Wildman–Crippen MR) is 138 cm³/mol. The van der Waals surface area contributed by atoms with Crippen molar-refractivity contribution in [1.82, 2.24) is 0 Å². The Bertz CT molecular complexity index is 564. The Labute approximate surface area is 213 Å². The van der Waals surface area contributed by atoms with Gasteiger partial charge in [0.25, 0.3) is 0 Å². The van der Waals surface area contributed by atoms with Crippen molar-refractivity contribution in [2.24, 2.45) is 0 Å². The highest BCUT2D eigenvalue weighted by atomic mass is 31.2. The van der Waals surface area contributed by atoms with Gasteiger partial charge in [-0.1, -0.05) is 110 Å². The van der Waals surface area contributed by atoms with Gasteiger partial charge in [-0.25, -0.2) is 4.57 Å². The van der Waals surface area contributed by atoms with Gasteiger partial charge >= 0.3 is 19.8 Å². The van der Waals surface area contributed by atoms with E-state index in [-0.39, 0.29) is 19.4 Å². The van der Waals surface area contributed by atoms with Crippen LogP contribution in [0.2, 0.25) is 0 Å². The molecule has 2 N–H and O–H groups in total. The maximum absolute atomic E-state index is 12.2. The van der Waals surface area contributed by atoms with E-state index in [2.05, 4.69) is 18.4 Å². The van der Waals surface area contributed by atoms with Gasteiger partial charge in [0.1, 0.15) is 6.61 Å². The van der Waals surface area contributed by atoms with E-state index in [1.54, 1.807) is 0 Å². The van der Waals surface area contributed by atoms with E-state index in [0.29, 0.717) is 6.42 Å². The first-order valence-electron chi connectivity index (χ1n) is 13.8. The molecule has 35 heavy (non-hydrogen) atoms. The van der Waals surface area contributed by atoms with Crippen LogP contribution in [0.15, 0.2) is 0 Å². The van der Waals surface area contributed by atoms with Crippen LogP contribution >= 0.6 is 7.82 Å². The number of hydrogen-bond donors (Lipinski definition) is 2. The van der Waals surface area contributed by atoms with Crippen LogP contribution in [0.4, 0.5) is 0 Å². The summed E-state index contributed by atoms with van der Waals surface area (Å²) in [7, 11) is -4.72. The van der Waals surface area contributed by atoms with E-state index in [0.717, 1.165) is 44.9 Å². The maximum Gasteiger partial charge on any atom is 0.469 e. The van der Waals surface area contributed by atoms with Crippen molar-refractivity contribution in [3.8, 4) is 0 Å². The second-order valence-electron chi connectivity index (χ2n) is 9.38. The molecule has 0 radical (unpaired) electrons. The number of rotatable bonds is 25. The first-order valence-corrected chi connectivity index (χ1v) is 15.4. The highest BCUT2D eigenvalue weighted by Crippen LogP contribution is 2.35. The molecule has 0 aliphatic heterocycles. The number of carbonyl (C=O) groups is 2. The van der Waals surface area contributed by atoms with Crippen molar-refractivity contribution in [3.63, 3.8) is 0 Å². The minimum atomic E-state index is -4.72. The van der Waals surface area contributed by atoms with E-state index in [4.69, 9.17) is 19.3 Å². The second kappa shape index (κ2) is 23.4. The van der Waals surface area contributed by atoms with E-state index >= 15 is 0 Å². The van der Waals surface area contributed by atoms with E-state index < -0.39 is 32.5 Å². The third-order valence-electron chi connectivity index (χ3n) is 5.88. The van der Waals surface area contributed by atoms with Crippen LogP contribution < -0.4 is 0 Å². The average molecular weight is 523 g/mol. The summed E-state index contributed by atoms with van der Waals surface area (Å²) >= 11 is 0. The fraction of sp³-hybridized carbons (Fsp3) is 0.923. The smallest absolute Gasteiger partial charge is 0.462 e. The summed E-state index contributed by atoms with van der Waals surface area (Å²) in [5.41, 5.74) is 0. The number of unbranched alkanes of at least 4 members (excludes halogenated alkanes) is 15. The van der Waals surface area contributed by atoms with Crippen LogP contribution in [0.5, 0.6) is 0 Å². The van der Waals surface area contributed by atoms with Gasteiger partial charge in [0.2, 0.25) is 0 Å². The van der Waals surface area contributed by atoms with Crippen molar-refractivity contribution in [2.75, 3.05) is 13.2 Å². The van der Waals surface area contributed by atoms with Gasteiger partial charge in [0.15, 0.2) is 6.10 Å². The second-order valence-corrected chi connectivity index (χ2v) is 10.6. The molecule has 0 aromatic rings. The molecular formula is C26H51O8P. The summed E-state index contributed by atoms with van der Waals surface area (Å²) in [5.74, 6) is -0.902. The predicted octanol–water partition coefficient (Wildman–Crippen LogP) is 7.00. The first-order chi connectivity index (χ1) is 16.8. The molecule has 0 spiro atoms. The first kappa shape index (κ1) is 34.0. The topological polar surface area (TPSA) is 119 Å². The lowest BCUT2D eigenvalue weighted by molar-refractivity contribution is -0.161. The van der Waals surface area contributed by atoms with Gasteiger partial charge in [-0.3, -0.25) is 14.1 Å². The van der Waals surface area contributed by atoms with E-state index in [1.165, 1.54) is 57.8 Å². The van der Waals surface area contributed by atoms with Crippen molar-refractivity contribution in [3.05, 3.63) is 0 Å². The molecule has 0 aromatic heterocycles. The van der Waals surface area contributed by atoms with Crippen LogP contribution in [0.3, 0.4) is 0 Å². The third-order valence-corrected chi connectivity index (χ3v) is 6.36. The number of ether oxygens (including phenoxy) is 2. The van der Waals surface area contributed by atoms with Gasteiger partial charge in [0, 0.05) is 12.8 Å². The van der Waals surface area contributed by atoms with Gasteiger partial charge in [-0.2, -0.15) is 0 Å². The molecule has 0 saturated carbocycles. The molecule has 1 atom stereocenters. The minimum absolute atomic E-state index is 0.217. The molecule has 208 valence electrons. The SMILES string of the molecule is CCCCCCCCCCCCCCCC(=O)O[C@H](COC(=O)CCCCCC)COP(=O)(O)O. The molecule has 0 saturated heterocycles. The number of hydrogen-bond acceptors (Lipinski definition) is 6. The van der Waals surface area contributed by atoms with Crippen molar-refractivity contribution >= 4 is 19.8 Å². The molecule has 0 unspecified atom stereocenters. The van der Waals surface area contributed by atoms with Crippen LogP contribution in [0, 0.1) is 0 Å². The molecule has 8 nitrogen and oxygen atoms in total. The average Bonchev–Trinajstić information content (AvgIpc) is 2.81. The van der Waals surface area contributed by atoms with Crippen LogP contribution in [0.1, 0.15) is 136 Å². The van der Waals surface area contributed by atoms with E-state index in [1.807, 2.05) is 0 Å². The standard InChI is InChI=1S/C26H51O8P/c1-3-5-7-9-10-11-12-13-14-15-16-17-19-21-26(28)34-24(23-33-35(29,30)31)22-32-25(27)20-18-8-6-4-2/h24H,3-23H2,1-2H3,(H2,29,30,31)/t24-/m1/s1. The third kappa shape index (κ3) is 25.9. The van der Waals surface area contributed by atoms with Crippen LogP contribution in [0.25, 0.3) is 0 Å². The summed E-state index contributed by atoms with van der Waals surface area (Å²) < 4.78 is 25.8. The quantitative estimate of drug-likeness (QED) is 0.0747. The monoisotopic (exact) mass is 522 g/mol. The maximum atomic E-state index is 12.2. The summed E-state index contributed by atoms with van der Waals surface area (Å²) in [6.07, 6.45) is 18.9. The van der Waals surface area contributed by atoms with Crippen LogP contribution in [-0.4, -0.2) is 41.0 Å². The summed E-state index contributed by atoms with van der Waals surface area (Å²) in [4.78, 5) is 41.8.